The Hall–Kier alpha value is -1.17. The quantitative estimate of drug-likeness (QED) is 0.146. The van der Waals surface area contributed by atoms with Gasteiger partial charge in [0.05, 0.1) is 18.8 Å². The van der Waals surface area contributed by atoms with Gasteiger partial charge in [0.1, 0.15) is 6.10 Å². The SMILES string of the molecule is CCCCC/C=C/CC/C=C/C(O)C(CO)NC(=O)C(O)CCCCCCCCCC. The van der Waals surface area contributed by atoms with Crippen molar-refractivity contribution in [2.45, 2.75) is 128 Å². The molecule has 0 aromatic carbocycles. The largest absolute Gasteiger partial charge is 0.394 e. The van der Waals surface area contributed by atoms with E-state index in [-0.39, 0.29) is 6.61 Å². The molecule has 3 atom stereocenters. The van der Waals surface area contributed by atoms with Crippen LogP contribution >= 0.6 is 0 Å². The first kappa shape index (κ1) is 29.8. The van der Waals surface area contributed by atoms with Crippen LogP contribution in [0, 0.1) is 0 Å². The first-order valence-electron chi connectivity index (χ1n) is 12.7. The lowest BCUT2D eigenvalue weighted by Crippen LogP contribution is -2.48. The van der Waals surface area contributed by atoms with Crippen LogP contribution in [-0.2, 0) is 4.79 Å². The number of carbonyl (C=O) groups is 1. The average molecular weight is 440 g/mol. The Morgan fingerprint density at radius 3 is 1.97 bits per heavy atom. The van der Waals surface area contributed by atoms with Crippen molar-refractivity contribution in [1.29, 1.82) is 0 Å². The van der Waals surface area contributed by atoms with E-state index in [9.17, 15) is 20.1 Å². The molecule has 5 heteroatoms. The van der Waals surface area contributed by atoms with Gasteiger partial charge in [0, 0.05) is 0 Å². The number of carbonyl (C=O) groups excluding carboxylic acids is 1. The Labute approximate surface area is 191 Å². The van der Waals surface area contributed by atoms with Crippen LogP contribution in [0.1, 0.15) is 110 Å². The molecule has 0 aliphatic rings. The zero-order valence-corrected chi connectivity index (χ0v) is 20.1. The van der Waals surface area contributed by atoms with Crippen molar-refractivity contribution >= 4 is 5.91 Å². The molecule has 5 nitrogen and oxygen atoms in total. The van der Waals surface area contributed by atoms with Crippen LogP contribution in [-0.4, -0.2) is 46.1 Å². The van der Waals surface area contributed by atoms with Crippen LogP contribution in [0.5, 0.6) is 0 Å². The van der Waals surface area contributed by atoms with Gasteiger partial charge >= 0.3 is 0 Å². The minimum Gasteiger partial charge on any atom is -0.394 e. The number of allylic oxidation sites excluding steroid dienone is 3. The normalized spacial score (nSPS) is 14.9. The van der Waals surface area contributed by atoms with Crippen molar-refractivity contribution in [2.75, 3.05) is 6.61 Å². The third-order valence-electron chi connectivity index (χ3n) is 5.54. The Kier molecular flexibility index (Phi) is 21.2. The molecular formula is C26H49NO4. The fourth-order valence-electron chi connectivity index (χ4n) is 3.43. The summed E-state index contributed by atoms with van der Waals surface area (Å²) in [6.07, 6.45) is 22.0. The third kappa shape index (κ3) is 18.1. The van der Waals surface area contributed by atoms with Gasteiger partial charge in [-0.1, -0.05) is 102 Å². The maximum absolute atomic E-state index is 12.2. The molecule has 0 aliphatic heterocycles. The smallest absolute Gasteiger partial charge is 0.249 e. The molecule has 0 heterocycles. The molecule has 0 bridgehead atoms. The Morgan fingerprint density at radius 1 is 0.774 bits per heavy atom. The lowest BCUT2D eigenvalue weighted by atomic mass is 10.0. The number of aliphatic hydroxyl groups is 3. The van der Waals surface area contributed by atoms with Gasteiger partial charge in [0.2, 0.25) is 5.91 Å². The number of hydrogen-bond acceptors (Lipinski definition) is 4. The number of hydrogen-bond donors (Lipinski definition) is 4. The van der Waals surface area contributed by atoms with E-state index in [1.165, 1.54) is 51.4 Å². The minimum atomic E-state index is -1.09. The summed E-state index contributed by atoms with van der Waals surface area (Å²) in [6, 6.07) is -0.804. The second kappa shape index (κ2) is 22.0. The van der Waals surface area contributed by atoms with Gasteiger partial charge in [0.25, 0.3) is 0 Å². The molecular weight excluding hydrogens is 390 g/mol. The van der Waals surface area contributed by atoms with Crippen molar-refractivity contribution in [3.8, 4) is 0 Å². The molecule has 0 rings (SSSR count). The predicted octanol–water partition coefficient (Wildman–Crippen LogP) is 5.19. The summed E-state index contributed by atoms with van der Waals surface area (Å²) in [5.74, 6) is -0.524. The lowest BCUT2D eigenvalue weighted by molar-refractivity contribution is -0.131. The van der Waals surface area contributed by atoms with Crippen LogP contribution < -0.4 is 5.32 Å². The topological polar surface area (TPSA) is 89.8 Å². The molecule has 0 aromatic heterocycles. The molecule has 4 N–H and O–H groups in total. The van der Waals surface area contributed by atoms with Gasteiger partial charge < -0.3 is 20.6 Å². The van der Waals surface area contributed by atoms with E-state index in [4.69, 9.17) is 0 Å². The second-order valence-electron chi connectivity index (χ2n) is 8.54. The maximum atomic E-state index is 12.2. The Morgan fingerprint density at radius 2 is 1.32 bits per heavy atom. The predicted molar refractivity (Wildman–Crippen MR) is 130 cm³/mol. The van der Waals surface area contributed by atoms with Crippen molar-refractivity contribution in [3.05, 3.63) is 24.3 Å². The zero-order chi connectivity index (χ0) is 23.2. The summed E-state index contributed by atoms with van der Waals surface area (Å²) in [5.41, 5.74) is 0. The number of aliphatic hydroxyl groups excluding tert-OH is 3. The molecule has 0 saturated heterocycles. The molecule has 0 saturated carbocycles. The van der Waals surface area contributed by atoms with E-state index in [2.05, 4.69) is 31.3 Å². The molecule has 0 aliphatic carbocycles. The zero-order valence-electron chi connectivity index (χ0n) is 20.1. The lowest BCUT2D eigenvalue weighted by Gasteiger charge is -2.21. The average Bonchev–Trinajstić information content (AvgIpc) is 2.77. The van der Waals surface area contributed by atoms with Gasteiger partial charge in [-0.05, 0) is 32.1 Å². The fourth-order valence-corrected chi connectivity index (χ4v) is 3.43. The van der Waals surface area contributed by atoms with E-state index in [1.54, 1.807) is 6.08 Å². The van der Waals surface area contributed by atoms with Crippen LogP contribution in [0.3, 0.4) is 0 Å². The van der Waals surface area contributed by atoms with E-state index < -0.39 is 24.2 Å². The van der Waals surface area contributed by atoms with Crippen LogP contribution in [0.15, 0.2) is 24.3 Å². The minimum absolute atomic E-state index is 0.376. The van der Waals surface area contributed by atoms with E-state index in [1.807, 2.05) is 6.08 Å². The molecule has 182 valence electrons. The highest BCUT2D eigenvalue weighted by Crippen LogP contribution is 2.11. The summed E-state index contributed by atoms with van der Waals surface area (Å²) < 4.78 is 0. The van der Waals surface area contributed by atoms with Crippen LogP contribution in [0.4, 0.5) is 0 Å². The fraction of sp³-hybridized carbons (Fsp3) is 0.808. The van der Waals surface area contributed by atoms with Crippen LogP contribution in [0.2, 0.25) is 0 Å². The molecule has 1 amide bonds. The second-order valence-corrected chi connectivity index (χ2v) is 8.54. The summed E-state index contributed by atoms with van der Waals surface area (Å²) in [6.45, 7) is 4.02. The molecule has 0 spiro atoms. The van der Waals surface area contributed by atoms with E-state index >= 15 is 0 Å². The summed E-state index contributed by atoms with van der Waals surface area (Å²) in [4.78, 5) is 12.2. The molecule has 31 heavy (non-hydrogen) atoms. The molecule has 3 unspecified atom stereocenters. The van der Waals surface area contributed by atoms with Crippen molar-refractivity contribution in [1.82, 2.24) is 5.32 Å². The van der Waals surface area contributed by atoms with Crippen molar-refractivity contribution in [2.24, 2.45) is 0 Å². The third-order valence-corrected chi connectivity index (χ3v) is 5.54. The standard InChI is InChI=1S/C26H49NO4/c1-3-5-7-9-11-13-15-16-18-20-24(29)23(22-28)27-26(31)25(30)21-19-17-14-12-10-8-6-4-2/h11,13,18,20,23-25,28-30H,3-10,12,14-17,19,21-22H2,1-2H3,(H,27,31)/b13-11+,20-18+. The number of rotatable bonds is 21. The monoisotopic (exact) mass is 439 g/mol. The molecule has 0 fully saturated rings. The first-order chi connectivity index (χ1) is 15.1. The van der Waals surface area contributed by atoms with Gasteiger partial charge in [-0.25, -0.2) is 0 Å². The maximum Gasteiger partial charge on any atom is 0.249 e. The van der Waals surface area contributed by atoms with Gasteiger partial charge in [-0.15, -0.1) is 0 Å². The highest BCUT2D eigenvalue weighted by atomic mass is 16.3. The van der Waals surface area contributed by atoms with Gasteiger partial charge in [0.15, 0.2) is 0 Å². The molecule has 0 radical (unpaired) electrons. The van der Waals surface area contributed by atoms with Gasteiger partial charge in [-0.2, -0.15) is 0 Å². The Balaban J connectivity index is 4.01. The highest BCUT2D eigenvalue weighted by molar-refractivity contribution is 5.80. The number of unbranched alkanes of at least 4 members (excludes halogenated alkanes) is 11. The summed E-state index contributed by atoms with van der Waals surface area (Å²) in [5, 5.41) is 32.4. The highest BCUT2D eigenvalue weighted by Gasteiger charge is 2.22. The first-order valence-corrected chi connectivity index (χ1v) is 12.7. The number of nitrogens with one attached hydrogen (secondary N) is 1. The summed E-state index contributed by atoms with van der Waals surface area (Å²) >= 11 is 0. The van der Waals surface area contributed by atoms with Crippen LogP contribution in [0.25, 0.3) is 0 Å². The van der Waals surface area contributed by atoms with E-state index in [0.29, 0.717) is 6.42 Å². The number of amides is 1. The van der Waals surface area contributed by atoms with Crippen molar-refractivity contribution < 1.29 is 20.1 Å². The van der Waals surface area contributed by atoms with Crippen molar-refractivity contribution in [3.63, 3.8) is 0 Å². The summed E-state index contributed by atoms with van der Waals surface area (Å²) in [7, 11) is 0. The molecule has 0 aromatic rings. The Bertz CT molecular complexity index is 464. The van der Waals surface area contributed by atoms with E-state index in [0.717, 1.165) is 38.5 Å². The van der Waals surface area contributed by atoms with Gasteiger partial charge in [-0.3, -0.25) is 4.79 Å².